The molecule has 6 heteroatoms. The SMILES string of the molecule is CS(=O)(=O)N[C@H](c1ccccc1)[C@H](N)c1ccccc1.Cc1ccc(C)cc1.[Ru]. The Hall–Kier alpha value is -1.85. The third-order valence-corrected chi connectivity index (χ3v) is 4.94. The van der Waals surface area contributed by atoms with Gasteiger partial charge in [0, 0.05) is 19.5 Å². The number of nitrogens with one attached hydrogen (secondary N) is 1. The largest absolute Gasteiger partial charge is 0.322 e. The van der Waals surface area contributed by atoms with E-state index >= 15 is 0 Å². The van der Waals surface area contributed by atoms with Crippen molar-refractivity contribution >= 4 is 10.0 Å². The van der Waals surface area contributed by atoms with Crippen LogP contribution in [0.3, 0.4) is 0 Å². The van der Waals surface area contributed by atoms with E-state index in [0.29, 0.717) is 0 Å². The standard InChI is InChI=1S/C15H18N2O2S.C8H10.Ru/c1-20(18,19)17-15(13-10-6-3-7-11-13)14(16)12-8-4-2-5-9-12;1-7-3-5-8(2)6-4-7;/h2-11,14-15,17H,16H2,1H3;3-6H,1-2H3;/t14-,15-;;/m1../s1. The molecule has 0 heterocycles. The molecule has 156 valence electrons. The molecular weight excluding hydrogens is 469 g/mol. The van der Waals surface area contributed by atoms with Crippen LogP contribution in [0.1, 0.15) is 34.3 Å². The van der Waals surface area contributed by atoms with Crippen LogP contribution in [-0.2, 0) is 29.5 Å². The van der Waals surface area contributed by atoms with Gasteiger partial charge in [0.2, 0.25) is 10.0 Å². The van der Waals surface area contributed by atoms with Gasteiger partial charge in [-0.05, 0) is 25.0 Å². The molecule has 0 fully saturated rings. The number of hydrogen-bond donors (Lipinski definition) is 2. The number of aryl methyl sites for hydroxylation is 2. The van der Waals surface area contributed by atoms with Gasteiger partial charge in [0.05, 0.1) is 18.3 Å². The molecule has 0 saturated heterocycles. The Kier molecular flexibility index (Phi) is 10.4. The number of hydrogen-bond acceptors (Lipinski definition) is 3. The summed E-state index contributed by atoms with van der Waals surface area (Å²) in [6.45, 7) is 4.19. The van der Waals surface area contributed by atoms with Gasteiger partial charge in [-0.15, -0.1) is 0 Å². The molecule has 0 saturated carbocycles. The third-order valence-electron chi connectivity index (χ3n) is 4.26. The fourth-order valence-electron chi connectivity index (χ4n) is 2.74. The average Bonchev–Trinajstić information content (AvgIpc) is 2.69. The first-order chi connectivity index (χ1) is 13.3. The molecule has 2 atom stereocenters. The fourth-order valence-corrected chi connectivity index (χ4v) is 3.49. The Bertz CT molecular complexity index is 926. The molecule has 3 aromatic rings. The fraction of sp³-hybridized carbons (Fsp3) is 0.217. The molecule has 0 spiro atoms. The molecule has 29 heavy (non-hydrogen) atoms. The van der Waals surface area contributed by atoms with Gasteiger partial charge in [0.25, 0.3) is 0 Å². The van der Waals surface area contributed by atoms with Crippen LogP contribution in [0.5, 0.6) is 0 Å². The van der Waals surface area contributed by atoms with Gasteiger partial charge in [-0.25, -0.2) is 13.1 Å². The summed E-state index contributed by atoms with van der Waals surface area (Å²) in [7, 11) is -3.35. The van der Waals surface area contributed by atoms with Crippen LogP contribution in [0.25, 0.3) is 0 Å². The minimum Gasteiger partial charge on any atom is -0.322 e. The molecular formula is C23H28N2O2RuS. The van der Waals surface area contributed by atoms with Crippen molar-refractivity contribution in [2.75, 3.05) is 6.26 Å². The van der Waals surface area contributed by atoms with Crippen molar-refractivity contribution in [2.45, 2.75) is 25.9 Å². The monoisotopic (exact) mass is 498 g/mol. The summed E-state index contributed by atoms with van der Waals surface area (Å²) in [4.78, 5) is 0. The number of sulfonamides is 1. The average molecular weight is 498 g/mol. The summed E-state index contributed by atoms with van der Waals surface area (Å²) >= 11 is 0. The zero-order chi connectivity index (χ0) is 20.6. The van der Waals surface area contributed by atoms with Crippen LogP contribution in [0.4, 0.5) is 0 Å². The molecule has 0 amide bonds. The first-order valence-corrected chi connectivity index (χ1v) is 11.0. The van der Waals surface area contributed by atoms with E-state index in [2.05, 4.69) is 42.8 Å². The summed E-state index contributed by atoms with van der Waals surface area (Å²) in [6.07, 6.45) is 1.14. The number of benzene rings is 3. The van der Waals surface area contributed by atoms with Crippen molar-refractivity contribution in [1.29, 1.82) is 0 Å². The summed E-state index contributed by atoms with van der Waals surface area (Å²) in [5.41, 5.74) is 10.6. The van der Waals surface area contributed by atoms with Crippen molar-refractivity contribution in [1.82, 2.24) is 4.72 Å². The molecule has 0 unspecified atom stereocenters. The summed E-state index contributed by atoms with van der Waals surface area (Å²) < 4.78 is 25.8. The maximum absolute atomic E-state index is 11.6. The molecule has 0 aliphatic heterocycles. The Morgan fingerprint density at radius 1 is 0.724 bits per heavy atom. The zero-order valence-corrected chi connectivity index (χ0v) is 19.4. The second kappa shape index (κ2) is 12.0. The van der Waals surface area contributed by atoms with E-state index in [-0.39, 0.29) is 19.5 Å². The molecule has 0 radical (unpaired) electrons. The van der Waals surface area contributed by atoms with Crippen LogP contribution < -0.4 is 10.5 Å². The maximum Gasteiger partial charge on any atom is 0.209 e. The van der Waals surface area contributed by atoms with Crippen LogP contribution in [0, 0.1) is 13.8 Å². The predicted octanol–water partition coefficient (Wildman–Crippen LogP) is 4.28. The van der Waals surface area contributed by atoms with Gasteiger partial charge in [0.1, 0.15) is 0 Å². The van der Waals surface area contributed by atoms with Crippen LogP contribution in [0.15, 0.2) is 84.9 Å². The summed E-state index contributed by atoms with van der Waals surface area (Å²) in [5.74, 6) is 0. The van der Waals surface area contributed by atoms with Crippen molar-refractivity contribution in [3.05, 3.63) is 107 Å². The second-order valence-electron chi connectivity index (χ2n) is 6.87. The maximum atomic E-state index is 11.6. The Morgan fingerprint density at radius 3 is 1.48 bits per heavy atom. The summed E-state index contributed by atoms with van der Waals surface area (Å²) in [5, 5.41) is 0. The van der Waals surface area contributed by atoms with Gasteiger partial charge < -0.3 is 5.73 Å². The van der Waals surface area contributed by atoms with E-state index in [1.54, 1.807) is 0 Å². The minimum atomic E-state index is -3.35. The zero-order valence-electron chi connectivity index (χ0n) is 16.9. The van der Waals surface area contributed by atoms with E-state index in [1.807, 2.05) is 60.7 Å². The molecule has 4 nitrogen and oxygen atoms in total. The first kappa shape index (κ1) is 25.2. The van der Waals surface area contributed by atoms with E-state index in [9.17, 15) is 8.42 Å². The van der Waals surface area contributed by atoms with Gasteiger partial charge in [-0.3, -0.25) is 0 Å². The molecule has 3 N–H and O–H groups in total. The normalized spacial score (nSPS) is 12.7. The van der Waals surface area contributed by atoms with E-state index in [4.69, 9.17) is 5.73 Å². The van der Waals surface area contributed by atoms with Crippen molar-refractivity contribution in [3.63, 3.8) is 0 Å². The first-order valence-electron chi connectivity index (χ1n) is 9.12. The van der Waals surface area contributed by atoms with E-state index in [0.717, 1.165) is 17.4 Å². The van der Waals surface area contributed by atoms with Crippen molar-refractivity contribution in [3.8, 4) is 0 Å². The molecule has 0 bridgehead atoms. The predicted molar refractivity (Wildman–Crippen MR) is 116 cm³/mol. The Labute approximate surface area is 187 Å². The van der Waals surface area contributed by atoms with E-state index in [1.165, 1.54) is 11.1 Å². The Balaban J connectivity index is 0.000000394. The van der Waals surface area contributed by atoms with Crippen LogP contribution in [0.2, 0.25) is 0 Å². The molecule has 0 aliphatic rings. The molecule has 3 rings (SSSR count). The smallest absolute Gasteiger partial charge is 0.209 e. The van der Waals surface area contributed by atoms with Crippen molar-refractivity contribution in [2.24, 2.45) is 5.73 Å². The van der Waals surface area contributed by atoms with Gasteiger partial charge in [-0.2, -0.15) is 0 Å². The second-order valence-corrected chi connectivity index (χ2v) is 8.65. The van der Waals surface area contributed by atoms with E-state index < -0.39 is 22.1 Å². The number of nitrogens with two attached hydrogens (primary N) is 1. The van der Waals surface area contributed by atoms with Gasteiger partial charge >= 0.3 is 0 Å². The number of rotatable bonds is 5. The minimum absolute atomic E-state index is 0. The molecule has 0 aromatic heterocycles. The summed E-state index contributed by atoms with van der Waals surface area (Å²) in [6, 6.07) is 26.3. The van der Waals surface area contributed by atoms with Crippen molar-refractivity contribution < 1.29 is 27.9 Å². The van der Waals surface area contributed by atoms with Gasteiger partial charge in [-0.1, -0.05) is 96.1 Å². The topological polar surface area (TPSA) is 72.2 Å². The Morgan fingerprint density at radius 2 is 1.10 bits per heavy atom. The third kappa shape index (κ3) is 9.01. The van der Waals surface area contributed by atoms with Crippen LogP contribution in [-0.4, -0.2) is 14.7 Å². The molecule has 3 aromatic carbocycles. The van der Waals surface area contributed by atoms with Gasteiger partial charge in [0.15, 0.2) is 0 Å². The van der Waals surface area contributed by atoms with Crippen LogP contribution >= 0.6 is 0 Å². The quantitative estimate of drug-likeness (QED) is 0.517. The molecule has 0 aliphatic carbocycles.